The van der Waals surface area contributed by atoms with Gasteiger partial charge in [-0.15, -0.1) is 0 Å². The van der Waals surface area contributed by atoms with Crippen LogP contribution in [0.1, 0.15) is 30.6 Å². The Labute approximate surface area is 89.7 Å². The highest BCUT2D eigenvalue weighted by Crippen LogP contribution is 2.16. The van der Waals surface area contributed by atoms with Gasteiger partial charge in [0.05, 0.1) is 6.10 Å². The fourth-order valence-electron chi connectivity index (χ4n) is 1.34. The third-order valence-corrected chi connectivity index (χ3v) is 2.43. The van der Waals surface area contributed by atoms with E-state index in [0.29, 0.717) is 6.42 Å². The van der Waals surface area contributed by atoms with Crippen molar-refractivity contribution in [2.45, 2.75) is 25.9 Å². The Morgan fingerprint density at radius 2 is 2.00 bits per heavy atom. The van der Waals surface area contributed by atoms with Gasteiger partial charge in [0, 0.05) is 13.5 Å². The highest BCUT2D eigenvalue weighted by molar-refractivity contribution is 5.67. The smallest absolute Gasteiger partial charge is 0.303 e. The van der Waals surface area contributed by atoms with Crippen molar-refractivity contribution in [2.75, 3.05) is 7.11 Å². The number of aliphatic carboxylic acids is 1. The maximum absolute atomic E-state index is 10.4. The monoisotopic (exact) mass is 208 g/mol. The molecule has 1 unspecified atom stereocenters. The molecule has 0 aliphatic carbocycles. The number of hydrogen-bond donors (Lipinski definition) is 1. The van der Waals surface area contributed by atoms with Gasteiger partial charge in [-0.25, -0.2) is 0 Å². The fraction of sp³-hybridized carbons (Fsp3) is 0.417. The van der Waals surface area contributed by atoms with E-state index in [0.717, 1.165) is 11.1 Å². The third-order valence-electron chi connectivity index (χ3n) is 2.43. The molecule has 0 aromatic heterocycles. The minimum Gasteiger partial charge on any atom is -0.481 e. The lowest BCUT2D eigenvalue weighted by Crippen LogP contribution is -1.99. The molecule has 0 radical (unpaired) electrons. The second kappa shape index (κ2) is 5.51. The van der Waals surface area contributed by atoms with Crippen molar-refractivity contribution < 1.29 is 14.6 Å². The zero-order valence-electron chi connectivity index (χ0n) is 9.06. The molecule has 0 amide bonds. The van der Waals surface area contributed by atoms with Crippen molar-refractivity contribution >= 4 is 5.97 Å². The molecule has 0 saturated carbocycles. The molecule has 0 aliphatic heterocycles. The topological polar surface area (TPSA) is 46.5 Å². The van der Waals surface area contributed by atoms with E-state index in [2.05, 4.69) is 0 Å². The summed E-state index contributed by atoms with van der Waals surface area (Å²) in [4.78, 5) is 10.4. The summed E-state index contributed by atoms with van der Waals surface area (Å²) in [6.07, 6.45) is 0.842. The summed E-state index contributed by atoms with van der Waals surface area (Å²) >= 11 is 0. The number of carboxylic acid groups (broad SMARTS) is 1. The van der Waals surface area contributed by atoms with E-state index in [1.165, 1.54) is 0 Å². The summed E-state index contributed by atoms with van der Waals surface area (Å²) in [6, 6.07) is 7.86. The minimum absolute atomic E-state index is 0.0820. The van der Waals surface area contributed by atoms with Crippen LogP contribution in [0.25, 0.3) is 0 Å². The molecule has 0 heterocycles. The van der Waals surface area contributed by atoms with Crippen LogP contribution in [0.15, 0.2) is 24.3 Å². The van der Waals surface area contributed by atoms with Crippen LogP contribution in [-0.4, -0.2) is 18.2 Å². The van der Waals surface area contributed by atoms with E-state index in [4.69, 9.17) is 9.84 Å². The van der Waals surface area contributed by atoms with Gasteiger partial charge in [-0.3, -0.25) is 4.79 Å². The van der Waals surface area contributed by atoms with Crippen molar-refractivity contribution in [1.29, 1.82) is 0 Å². The number of rotatable bonds is 5. The Balaban J connectivity index is 2.60. The van der Waals surface area contributed by atoms with Crippen LogP contribution >= 0.6 is 0 Å². The standard InChI is InChI=1S/C12H16O3/c1-9(15-2)11-6-3-10(4-7-11)5-8-12(13)14/h3-4,6-7,9H,5,8H2,1-2H3,(H,13,14). The predicted molar refractivity (Wildman–Crippen MR) is 57.8 cm³/mol. The van der Waals surface area contributed by atoms with Crippen molar-refractivity contribution in [3.63, 3.8) is 0 Å². The molecule has 0 spiro atoms. The lowest BCUT2D eigenvalue weighted by atomic mass is 10.0. The second-order valence-electron chi connectivity index (χ2n) is 3.51. The van der Waals surface area contributed by atoms with Gasteiger partial charge in [0.1, 0.15) is 0 Å². The first-order valence-electron chi connectivity index (χ1n) is 4.97. The van der Waals surface area contributed by atoms with Gasteiger partial charge in [0.15, 0.2) is 0 Å². The number of carbonyl (C=O) groups is 1. The average Bonchev–Trinajstić information content (AvgIpc) is 2.26. The number of benzene rings is 1. The molecule has 0 bridgehead atoms. The average molecular weight is 208 g/mol. The number of methoxy groups -OCH3 is 1. The summed E-state index contributed by atoms with van der Waals surface area (Å²) in [5.41, 5.74) is 2.15. The molecule has 15 heavy (non-hydrogen) atoms. The molecule has 0 saturated heterocycles. The van der Waals surface area contributed by atoms with E-state index in [1.807, 2.05) is 31.2 Å². The first-order chi connectivity index (χ1) is 7.13. The van der Waals surface area contributed by atoms with Crippen LogP contribution in [0.2, 0.25) is 0 Å². The summed E-state index contributed by atoms with van der Waals surface area (Å²) in [7, 11) is 1.67. The van der Waals surface area contributed by atoms with Crippen LogP contribution < -0.4 is 0 Å². The molecule has 1 atom stereocenters. The van der Waals surface area contributed by atoms with Gasteiger partial charge in [-0.1, -0.05) is 24.3 Å². The molecule has 1 rings (SSSR count). The van der Waals surface area contributed by atoms with Gasteiger partial charge >= 0.3 is 5.97 Å². The van der Waals surface area contributed by atoms with E-state index < -0.39 is 5.97 Å². The minimum atomic E-state index is -0.760. The summed E-state index contributed by atoms with van der Waals surface area (Å²) in [6.45, 7) is 1.98. The first kappa shape index (κ1) is 11.7. The van der Waals surface area contributed by atoms with Crippen LogP contribution in [0.4, 0.5) is 0 Å². The molecule has 0 aliphatic rings. The van der Waals surface area contributed by atoms with Gasteiger partial charge in [-0.2, -0.15) is 0 Å². The zero-order valence-corrected chi connectivity index (χ0v) is 9.06. The highest BCUT2D eigenvalue weighted by atomic mass is 16.5. The fourth-order valence-corrected chi connectivity index (χ4v) is 1.34. The molecule has 1 aromatic carbocycles. The number of carboxylic acids is 1. The van der Waals surface area contributed by atoms with Crippen molar-refractivity contribution in [1.82, 2.24) is 0 Å². The molecule has 82 valence electrons. The predicted octanol–water partition coefficient (Wildman–Crippen LogP) is 2.41. The number of ether oxygens (including phenoxy) is 1. The Hall–Kier alpha value is -1.35. The second-order valence-corrected chi connectivity index (χ2v) is 3.51. The molecule has 1 N–H and O–H groups in total. The molecular formula is C12H16O3. The maximum atomic E-state index is 10.4. The summed E-state index contributed by atoms with van der Waals surface area (Å²) in [5.74, 6) is -0.760. The zero-order chi connectivity index (χ0) is 11.3. The largest absolute Gasteiger partial charge is 0.481 e. The van der Waals surface area contributed by atoms with Crippen molar-refractivity contribution in [3.05, 3.63) is 35.4 Å². The van der Waals surface area contributed by atoms with Crippen molar-refractivity contribution in [3.8, 4) is 0 Å². The molecule has 3 heteroatoms. The molecule has 3 nitrogen and oxygen atoms in total. The van der Waals surface area contributed by atoms with E-state index in [1.54, 1.807) is 7.11 Å². The lowest BCUT2D eigenvalue weighted by Gasteiger charge is -2.09. The van der Waals surface area contributed by atoms with E-state index in [9.17, 15) is 4.79 Å². The molecule has 0 fully saturated rings. The molecular weight excluding hydrogens is 192 g/mol. The van der Waals surface area contributed by atoms with Crippen LogP contribution in [-0.2, 0) is 16.0 Å². The van der Waals surface area contributed by atoms with Gasteiger partial charge in [-0.05, 0) is 24.5 Å². The van der Waals surface area contributed by atoms with E-state index >= 15 is 0 Å². The Morgan fingerprint density at radius 1 is 1.40 bits per heavy atom. The van der Waals surface area contributed by atoms with Crippen LogP contribution in [0.3, 0.4) is 0 Å². The Morgan fingerprint density at radius 3 is 2.47 bits per heavy atom. The van der Waals surface area contributed by atoms with E-state index in [-0.39, 0.29) is 12.5 Å². The van der Waals surface area contributed by atoms with Gasteiger partial charge in [0.2, 0.25) is 0 Å². The maximum Gasteiger partial charge on any atom is 0.303 e. The summed E-state index contributed by atoms with van der Waals surface area (Å²) in [5, 5.41) is 8.54. The number of hydrogen-bond acceptors (Lipinski definition) is 2. The van der Waals surface area contributed by atoms with Gasteiger partial charge in [0.25, 0.3) is 0 Å². The first-order valence-corrected chi connectivity index (χ1v) is 4.97. The summed E-state index contributed by atoms with van der Waals surface area (Å²) < 4.78 is 5.18. The SMILES string of the molecule is COC(C)c1ccc(CCC(=O)O)cc1. The van der Waals surface area contributed by atoms with Gasteiger partial charge < -0.3 is 9.84 Å². The quantitative estimate of drug-likeness (QED) is 0.808. The lowest BCUT2D eigenvalue weighted by molar-refractivity contribution is -0.136. The molecule has 1 aromatic rings. The van der Waals surface area contributed by atoms with Crippen LogP contribution in [0, 0.1) is 0 Å². The Bertz CT molecular complexity index is 316. The normalized spacial score (nSPS) is 12.4. The van der Waals surface area contributed by atoms with Crippen LogP contribution in [0.5, 0.6) is 0 Å². The number of aryl methyl sites for hydroxylation is 1. The third kappa shape index (κ3) is 3.72. The highest BCUT2D eigenvalue weighted by Gasteiger charge is 2.03. The Kier molecular flexibility index (Phi) is 4.31. The van der Waals surface area contributed by atoms with Crippen molar-refractivity contribution in [2.24, 2.45) is 0 Å².